The number of methoxy groups -OCH3 is 1. The Morgan fingerprint density at radius 2 is 2.00 bits per heavy atom. The van der Waals surface area contributed by atoms with Crippen molar-refractivity contribution in [2.24, 2.45) is 7.05 Å². The number of hydrogen-bond acceptors (Lipinski definition) is 7. The van der Waals surface area contributed by atoms with Gasteiger partial charge in [-0.2, -0.15) is 10.1 Å². The SMILES string of the molecule is C#C[C@H](Nc1nc2c(-c3cnn(C)c3)nc(-c3ccc(Cl)cc3)cn2n1)C(=O)OC. The van der Waals surface area contributed by atoms with Crippen LogP contribution in [-0.2, 0) is 16.6 Å². The highest BCUT2D eigenvalue weighted by molar-refractivity contribution is 6.30. The Bertz CT molecular complexity index is 1270. The number of nitrogens with zero attached hydrogens (tertiary/aromatic N) is 6. The molecular formula is C20H16ClN7O2. The lowest BCUT2D eigenvalue weighted by Gasteiger charge is -2.07. The summed E-state index contributed by atoms with van der Waals surface area (Å²) in [5.41, 5.74) is 3.33. The molecule has 0 saturated heterocycles. The summed E-state index contributed by atoms with van der Waals surface area (Å²) in [4.78, 5) is 21.0. The van der Waals surface area contributed by atoms with Crippen LogP contribution >= 0.6 is 11.6 Å². The van der Waals surface area contributed by atoms with Gasteiger partial charge in [-0.3, -0.25) is 4.68 Å². The van der Waals surface area contributed by atoms with Crippen molar-refractivity contribution in [3.05, 3.63) is 47.9 Å². The summed E-state index contributed by atoms with van der Waals surface area (Å²) in [6.07, 6.45) is 10.7. The number of aryl methyl sites for hydroxylation is 1. The molecule has 4 rings (SSSR count). The van der Waals surface area contributed by atoms with Crippen molar-refractivity contribution in [2.75, 3.05) is 12.4 Å². The molecule has 0 fully saturated rings. The van der Waals surface area contributed by atoms with Gasteiger partial charge in [0.1, 0.15) is 5.69 Å². The van der Waals surface area contributed by atoms with Crippen LogP contribution < -0.4 is 5.32 Å². The zero-order valence-electron chi connectivity index (χ0n) is 16.1. The van der Waals surface area contributed by atoms with Gasteiger partial charge < -0.3 is 10.1 Å². The van der Waals surface area contributed by atoms with Gasteiger partial charge >= 0.3 is 5.97 Å². The Morgan fingerprint density at radius 3 is 2.63 bits per heavy atom. The first kappa shape index (κ1) is 19.4. The molecule has 1 N–H and O–H groups in total. The molecule has 3 aromatic heterocycles. The van der Waals surface area contributed by atoms with E-state index in [1.807, 2.05) is 25.4 Å². The van der Waals surface area contributed by atoms with Gasteiger partial charge in [-0.25, -0.2) is 14.3 Å². The first-order valence-electron chi connectivity index (χ1n) is 8.81. The Hall–Kier alpha value is -3.90. The monoisotopic (exact) mass is 421 g/mol. The highest BCUT2D eigenvalue weighted by Gasteiger charge is 2.20. The predicted octanol–water partition coefficient (Wildman–Crippen LogP) is 2.43. The lowest BCUT2D eigenvalue weighted by Crippen LogP contribution is -2.29. The van der Waals surface area contributed by atoms with E-state index in [1.165, 1.54) is 7.11 Å². The van der Waals surface area contributed by atoms with E-state index in [2.05, 4.69) is 26.4 Å². The van der Waals surface area contributed by atoms with E-state index in [4.69, 9.17) is 27.7 Å². The summed E-state index contributed by atoms with van der Waals surface area (Å²) >= 11 is 6.01. The molecule has 0 aliphatic carbocycles. The minimum atomic E-state index is -1.02. The molecule has 0 aliphatic heterocycles. The lowest BCUT2D eigenvalue weighted by atomic mass is 10.1. The zero-order chi connectivity index (χ0) is 21.3. The molecule has 1 atom stereocenters. The van der Waals surface area contributed by atoms with Gasteiger partial charge in [-0.05, 0) is 12.1 Å². The van der Waals surface area contributed by atoms with Gasteiger partial charge in [0.25, 0.3) is 0 Å². The third-order valence-electron chi connectivity index (χ3n) is 4.32. The van der Waals surface area contributed by atoms with E-state index in [0.29, 0.717) is 22.1 Å². The van der Waals surface area contributed by atoms with Gasteiger partial charge in [0.15, 0.2) is 11.7 Å². The number of terminal acetylenes is 1. The second-order valence-electron chi connectivity index (χ2n) is 6.36. The number of carbonyl (C=O) groups excluding carboxylic acids is 1. The summed E-state index contributed by atoms with van der Waals surface area (Å²) < 4.78 is 7.94. The largest absolute Gasteiger partial charge is 0.467 e. The number of carbonyl (C=O) groups is 1. The summed E-state index contributed by atoms with van der Waals surface area (Å²) in [5, 5.41) is 12.1. The molecule has 3 heterocycles. The fourth-order valence-corrected chi connectivity index (χ4v) is 2.99. The molecule has 9 nitrogen and oxygen atoms in total. The van der Waals surface area contributed by atoms with Crippen molar-refractivity contribution < 1.29 is 9.53 Å². The second-order valence-corrected chi connectivity index (χ2v) is 6.79. The van der Waals surface area contributed by atoms with Crippen LogP contribution in [-0.4, -0.2) is 48.5 Å². The van der Waals surface area contributed by atoms with Crippen molar-refractivity contribution >= 4 is 29.2 Å². The highest BCUT2D eigenvalue weighted by atomic mass is 35.5. The van der Waals surface area contributed by atoms with Crippen molar-refractivity contribution in [1.29, 1.82) is 0 Å². The summed E-state index contributed by atoms with van der Waals surface area (Å²) in [7, 11) is 3.07. The van der Waals surface area contributed by atoms with E-state index in [9.17, 15) is 4.79 Å². The Balaban J connectivity index is 1.85. The summed E-state index contributed by atoms with van der Waals surface area (Å²) in [5.74, 6) is 1.88. The Kier molecular flexibility index (Phi) is 5.08. The van der Waals surface area contributed by atoms with E-state index in [-0.39, 0.29) is 5.95 Å². The molecule has 150 valence electrons. The average Bonchev–Trinajstić information content (AvgIpc) is 3.36. The average molecular weight is 422 g/mol. The van der Waals surface area contributed by atoms with Crippen LogP contribution in [0.2, 0.25) is 5.02 Å². The normalized spacial score (nSPS) is 11.8. The van der Waals surface area contributed by atoms with E-state index >= 15 is 0 Å². The van der Waals surface area contributed by atoms with Crippen LogP contribution in [0.25, 0.3) is 28.2 Å². The molecule has 4 aromatic rings. The van der Waals surface area contributed by atoms with Gasteiger partial charge in [0.05, 0.1) is 25.2 Å². The van der Waals surface area contributed by atoms with Crippen LogP contribution in [0.15, 0.2) is 42.9 Å². The fraction of sp³-hybridized carbons (Fsp3) is 0.150. The number of ether oxygens (including phenoxy) is 1. The van der Waals surface area contributed by atoms with E-state index in [1.54, 1.807) is 33.7 Å². The molecule has 0 unspecified atom stereocenters. The molecule has 0 spiro atoms. The smallest absolute Gasteiger partial charge is 0.341 e. The number of aromatic nitrogens is 6. The van der Waals surface area contributed by atoms with Crippen LogP contribution in [0.5, 0.6) is 0 Å². The minimum absolute atomic E-state index is 0.170. The predicted molar refractivity (Wildman–Crippen MR) is 112 cm³/mol. The van der Waals surface area contributed by atoms with Crippen molar-refractivity contribution in [3.63, 3.8) is 0 Å². The molecule has 1 aromatic carbocycles. The second kappa shape index (κ2) is 7.85. The van der Waals surface area contributed by atoms with Crippen LogP contribution in [0.1, 0.15) is 0 Å². The molecule has 0 bridgehead atoms. The summed E-state index contributed by atoms with van der Waals surface area (Å²) in [6, 6.07) is 6.29. The van der Waals surface area contributed by atoms with Crippen LogP contribution in [0.4, 0.5) is 5.95 Å². The van der Waals surface area contributed by atoms with Crippen LogP contribution in [0.3, 0.4) is 0 Å². The number of anilines is 1. The Morgan fingerprint density at radius 1 is 1.23 bits per heavy atom. The molecule has 10 heteroatoms. The van der Waals surface area contributed by atoms with Gasteiger partial charge in [0.2, 0.25) is 5.95 Å². The number of esters is 1. The number of nitrogens with one attached hydrogen (secondary N) is 1. The molecule has 0 amide bonds. The van der Waals surface area contributed by atoms with E-state index < -0.39 is 12.0 Å². The Labute approximate surface area is 176 Å². The number of fused-ring (bicyclic) bond motifs is 1. The number of benzene rings is 1. The molecule has 0 aliphatic rings. The molecule has 0 radical (unpaired) electrons. The standard InChI is InChI=1S/C20H16ClN7O2/c1-4-15(19(29)30-3)24-20-25-18-17(13-9-22-27(2)10-13)23-16(11-28(18)26-20)12-5-7-14(21)8-6-12/h1,5-11,15H,2-3H3,(H,24,26)/t15-/m0/s1. The summed E-state index contributed by atoms with van der Waals surface area (Å²) in [6.45, 7) is 0. The van der Waals surface area contributed by atoms with Crippen molar-refractivity contribution in [3.8, 4) is 34.9 Å². The maximum Gasteiger partial charge on any atom is 0.341 e. The zero-order valence-corrected chi connectivity index (χ0v) is 16.8. The molecular weight excluding hydrogens is 406 g/mol. The lowest BCUT2D eigenvalue weighted by molar-refractivity contribution is -0.140. The first-order chi connectivity index (χ1) is 14.5. The number of halogens is 1. The number of hydrogen-bond donors (Lipinski definition) is 1. The van der Waals surface area contributed by atoms with Crippen LogP contribution in [0, 0.1) is 12.3 Å². The maximum atomic E-state index is 11.8. The van der Waals surface area contributed by atoms with E-state index in [0.717, 1.165) is 11.1 Å². The number of rotatable bonds is 5. The van der Waals surface area contributed by atoms with Crippen molar-refractivity contribution in [1.82, 2.24) is 29.4 Å². The van der Waals surface area contributed by atoms with Gasteiger partial charge in [-0.1, -0.05) is 29.7 Å². The third-order valence-corrected chi connectivity index (χ3v) is 4.57. The van der Waals surface area contributed by atoms with Gasteiger partial charge in [-0.15, -0.1) is 11.5 Å². The first-order valence-corrected chi connectivity index (χ1v) is 9.19. The van der Waals surface area contributed by atoms with Crippen molar-refractivity contribution in [2.45, 2.75) is 6.04 Å². The maximum absolute atomic E-state index is 11.8. The molecule has 30 heavy (non-hydrogen) atoms. The third kappa shape index (κ3) is 3.68. The van der Waals surface area contributed by atoms with Gasteiger partial charge in [0, 0.05) is 29.4 Å². The fourth-order valence-electron chi connectivity index (χ4n) is 2.86. The topological polar surface area (TPSA) is 99.2 Å². The highest BCUT2D eigenvalue weighted by Crippen LogP contribution is 2.27. The minimum Gasteiger partial charge on any atom is -0.467 e. The quantitative estimate of drug-likeness (QED) is 0.390. The molecule has 0 saturated carbocycles.